The molecule has 0 spiro atoms. The van der Waals surface area contributed by atoms with E-state index in [1.165, 1.54) is 20.8 Å². The van der Waals surface area contributed by atoms with Gasteiger partial charge in [-0.25, -0.2) is 0 Å². The van der Waals surface area contributed by atoms with Crippen LogP contribution >= 0.6 is 0 Å². The third kappa shape index (κ3) is 7.88. The first-order chi connectivity index (χ1) is 30.1. The van der Waals surface area contributed by atoms with Crippen LogP contribution in [0.4, 0.5) is 92.2 Å². The molecule has 0 unspecified atom stereocenters. The molecule has 28 heteroatoms. The smallest absolute Gasteiger partial charge is 0.460 e. The van der Waals surface area contributed by atoms with Crippen LogP contribution in [0.2, 0.25) is 0 Å². The summed E-state index contributed by atoms with van der Waals surface area (Å²) in [6, 6.07) is 0. The summed E-state index contributed by atoms with van der Waals surface area (Å²) in [5.41, 5.74) is -9.29. The van der Waals surface area contributed by atoms with Gasteiger partial charge in [-0.05, 0) is 72.5 Å². The van der Waals surface area contributed by atoms with Crippen molar-refractivity contribution in [3.8, 4) is 0 Å². The molecule has 0 heterocycles. The van der Waals surface area contributed by atoms with E-state index in [0.717, 1.165) is 0 Å². The summed E-state index contributed by atoms with van der Waals surface area (Å²) in [7, 11) is 0. The average molecular weight is 1220 g/mol. The second kappa shape index (κ2) is 17.1. The number of alkyl halides is 21. The third-order valence-corrected chi connectivity index (χ3v) is 16.9. The number of allylic oxidation sites excluding steroid dienone is 6. The van der Waals surface area contributed by atoms with Crippen LogP contribution in [0.1, 0.15) is 101 Å². The van der Waals surface area contributed by atoms with Crippen LogP contribution in [0.3, 0.4) is 0 Å². The van der Waals surface area contributed by atoms with Gasteiger partial charge in [0.1, 0.15) is 0 Å². The van der Waals surface area contributed by atoms with E-state index >= 15 is 0 Å². The van der Waals surface area contributed by atoms with Gasteiger partial charge in [-0.2, -0.15) is 92.2 Å². The van der Waals surface area contributed by atoms with E-state index in [9.17, 15) is 122 Å². The summed E-state index contributed by atoms with van der Waals surface area (Å²) in [5, 5.41) is 28.6. The molecule has 6 rings (SSSR count). The van der Waals surface area contributed by atoms with E-state index in [2.05, 4.69) is 0 Å². The molecule has 6 fully saturated rings. The molecule has 0 amide bonds. The maximum atomic E-state index is 13.7. The zero-order valence-corrected chi connectivity index (χ0v) is 39.5. The van der Waals surface area contributed by atoms with Crippen molar-refractivity contribution in [2.45, 2.75) is 155 Å². The minimum atomic E-state index is -6.56. The summed E-state index contributed by atoms with van der Waals surface area (Å²) in [4.78, 5) is 36.9. The molecular formula is C42H45F21O6Yb. The Morgan fingerprint density at radius 3 is 0.643 bits per heavy atom. The zero-order valence-electron chi connectivity index (χ0n) is 37.7. The van der Waals surface area contributed by atoms with Crippen LogP contribution in [0, 0.1) is 97.2 Å². The molecule has 6 atom stereocenters. The van der Waals surface area contributed by atoms with E-state index in [1.807, 2.05) is 0 Å². The Bertz CT molecular complexity index is 2020. The predicted molar refractivity (Wildman–Crippen MR) is 196 cm³/mol. The van der Waals surface area contributed by atoms with Gasteiger partial charge in [0.05, 0.1) is 0 Å². The van der Waals surface area contributed by atoms with Crippen LogP contribution in [0.5, 0.6) is 0 Å². The van der Waals surface area contributed by atoms with Crippen molar-refractivity contribution in [3.63, 3.8) is 0 Å². The molecule has 6 aliphatic carbocycles. The molecule has 0 aromatic carbocycles. The summed E-state index contributed by atoms with van der Waals surface area (Å²) < 4.78 is 271. The van der Waals surface area contributed by atoms with Crippen LogP contribution in [0.25, 0.3) is 0 Å². The second-order valence-electron chi connectivity index (χ2n) is 20.6. The Labute approximate surface area is 423 Å². The minimum Gasteiger partial charge on any atom is -0.506 e. The van der Waals surface area contributed by atoms with Gasteiger partial charge in [0, 0.05) is 79.9 Å². The van der Waals surface area contributed by atoms with Crippen molar-refractivity contribution in [2.75, 3.05) is 0 Å². The molecule has 6 saturated carbocycles. The van der Waals surface area contributed by atoms with E-state index in [1.54, 1.807) is 41.5 Å². The SMILES string of the molecule is CC1(C)[C@@H]2CC[C@@]1(C)C(=O)/C2=C(\O)C(F)(F)C(F)(F)C(F)(F)F.CC1(C)[C@@H]2CC[C@@]1(C)C(=O)/C2=C(\O)C(F)(F)C(F)(F)C(F)(F)F.CC1(C)[C@@H]2CC[C@@]1(C)C(=O)/C2=C(\O)C(F)(F)C(F)(F)C(F)(F)F.[Yb]. The second-order valence-corrected chi connectivity index (χ2v) is 20.6. The number of carbonyl (C=O) groups is 3. The van der Waals surface area contributed by atoms with E-state index < -0.39 is 156 Å². The van der Waals surface area contributed by atoms with Crippen molar-refractivity contribution in [1.82, 2.24) is 0 Å². The van der Waals surface area contributed by atoms with Gasteiger partial charge in [0.2, 0.25) is 0 Å². The van der Waals surface area contributed by atoms with Gasteiger partial charge in [-0.15, -0.1) is 0 Å². The number of ketones is 3. The molecule has 0 radical (unpaired) electrons. The number of aliphatic hydroxyl groups excluding tert-OH is 3. The van der Waals surface area contributed by atoms with Crippen LogP contribution in [0.15, 0.2) is 34.0 Å². The fourth-order valence-electron chi connectivity index (χ4n) is 10.9. The van der Waals surface area contributed by atoms with Gasteiger partial charge in [-0.3, -0.25) is 14.4 Å². The van der Waals surface area contributed by atoms with Gasteiger partial charge in [0.25, 0.3) is 0 Å². The van der Waals surface area contributed by atoms with Gasteiger partial charge in [-0.1, -0.05) is 62.3 Å². The molecule has 6 nitrogen and oxygen atoms in total. The first-order valence-corrected chi connectivity index (χ1v) is 20.5. The van der Waals surface area contributed by atoms with Crippen LogP contribution in [-0.2, 0) is 14.4 Å². The van der Waals surface area contributed by atoms with Gasteiger partial charge in [0.15, 0.2) is 34.6 Å². The molecular weight excluding hydrogens is 1170 g/mol. The number of fused-ring (bicyclic) bond motifs is 6. The van der Waals surface area contributed by atoms with E-state index in [4.69, 9.17) is 0 Å². The molecule has 0 aliphatic heterocycles. The monoisotopic (exact) mass is 1220 g/mol. The fraction of sp³-hybridized carbons (Fsp3) is 0.786. The largest absolute Gasteiger partial charge is 0.506 e. The molecule has 410 valence electrons. The van der Waals surface area contributed by atoms with E-state index in [0.29, 0.717) is 19.3 Å². The number of Topliss-reactive ketones (excluding diaryl/α,β-unsaturated/α-hetero) is 3. The molecule has 0 saturated heterocycles. The van der Waals surface area contributed by atoms with Gasteiger partial charge < -0.3 is 15.3 Å². The van der Waals surface area contributed by atoms with Gasteiger partial charge >= 0.3 is 54.1 Å². The van der Waals surface area contributed by atoms with Crippen LogP contribution in [-0.4, -0.2) is 86.7 Å². The third-order valence-electron chi connectivity index (χ3n) is 16.9. The van der Waals surface area contributed by atoms with Crippen LogP contribution < -0.4 is 0 Å². The number of rotatable bonds is 6. The Hall–Kier alpha value is -2.32. The quantitative estimate of drug-likeness (QED) is 0.139. The van der Waals surface area contributed by atoms with Crippen molar-refractivity contribution in [3.05, 3.63) is 34.0 Å². The molecule has 0 aromatic heterocycles. The number of carbonyl (C=O) groups excluding carboxylic acids is 3. The topological polar surface area (TPSA) is 112 Å². The Morgan fingerprint density at radius 2 is 0.529 bits per heavy atom. The summed E-state index contributed by atoms with van der Waals surface area (Å²) in [6.07, 6.45) is -18.3. The average Bonchev–Trinajstić information content (AvgIpc) is 3.79. The first kappa shape index (κ1) is 62.0. The molecule has 6 bridgehead atoms. The normalized spacial score (nSPS) is 32.8. The number of aliphatic hydroxyl groups is 3. The summed E-state index contributed by atoms with van der Waals surface area (Å²) in [6.45, 7) is 13.6. The number of hydrogen-bond donors (Lipinski definition) is 3. The van der Waals surface area contributed by atoms with E-state index in [-0.39, 0.29) is 66.2 Å². The molecule has 70 heavy (non-hydrogen) atoms. The minimum absolute atomic E-state index is 0. The van der Waals surface area contributed by atoms with Crippen molar-refractivity contribution in [2.24, 2.45) is 50.2 Å². The maximum absolute atomic E-state index is 13.7. The van der Waals surface area contributed by atoms with Crippen molar-refractivity contribution in [1.29, 1.82) is 0 Å². The molecule has 6 aliphatic rings. The first-order valence-electron chi connectivity index (χ1n) is 20.5. The Kier molecular flexibility index (Phi) is 15.1. The summed E-state index contributed by atoms with van der Waals surface area (Å²) >= 11 is 0. The molecule has 0 aromatic rings. The number of hydrogen-bond acceptors (Lipinski definition) is 6. The fourth-order valence-corrected chi connectivity index (χ4v) is 10.9. The summed E-state index contributed by atoms with van der Waals surface area (Å²) in [5.74, 6) is -50.5. The maximum Gasteiger partial charge on any atom is 0.460 e. The van der Waals surface area contributed by atoms with Crippen molar-refractivity contribution >= 4 is 17.3 Å². The predicted octanol–water partition coefficient (Wildman–Crippen LogP) is 14.0. The number of halogens is 21. The Balaban J connectivity index is 0.000000276. The Morgan fingerprint density at radius 1 is 0.371 bits per heavy atom. The zero-order chi connectivity index (χ0) is 54.7. The molecule has 3 N–H and O–H groups in total. The van der Waals surface area contributed by atoms with Crippen molar-refractivity contribution < 1.29 is 169 Å². The standard InChI is InChI=1S/3C14H15F7O2.Yb/c3*1-10(2)6-4-5-11(10,3)8(22)7(6)9(23)12(15,16)13(17,18)14(19,20)21;/h3*6,23H,4-5H2,1-3H3;/b3*9-7-;/t3*6-,11+;/m111./s1.